The van der Waals surface area contributed by atoms with Crippen molar-refractivity contribution in [2.75, 3.05) is 20.8 Å². The van der Waals surface area contributed by atoms with Crippen LogP contribution in [0.2, 0.25) is 0 Å². The molecule has 1 atom stereocenters. The molecule has 0 saturated heterocycles. The molecule has 0 N–H and O–H groups in total. The van der Waals surface area contributed by atoms with E-state index in [1.54, 1.807) is 37.7 Å². The van der Waals surface area contributed by atoms with E-state index >= 15 is 0 Å². The van der Waals surface area contributed by atoms with Gasteiger partial charge in [-0.15, -0.1) is 0 Å². The van der Waals surface area contributed by atoms with Gasteiger partial charge >= 0.3 is 5.97 Å². The van der Waals surface area contributed by atoms with E-state index in [1.165, 1.54) is 18.4 Å². The quantitative estimate of drug-likeness (QED) is 0.277. The van der Waals surface area contributed by atoms with Crippen molar-refractivity contribution in [3.05, 3.63) is 120 Å². The third-order valence-corrected chi connectivity index (χ3v) is 7.63. The molecule has 0 bridgehead atoms. The highest BCUT2D eigenvalue weighted by molar-refractivity contribution is 7.07. The smallest absolute Gasteiger partial charge is 0.338 e. The number of carbonyl (C=O) groups excluding carboxylic acids is 1. The summed E-state index contributed by atoms with van der Waals surface area (Å²) in [5, 5.41) is 0. The first kappa shape index (κ1) is 27.9. The summed E-state index contributed by atoms with van der Waals surface area (Å²) < 4.78 is 24.3. The van der Waals surface area contributed by atoms with Crippen LogP contribution in [0.25, 0.3) is 6.08 Å². The number of hydrogen-bond acceptors (Lipinski definition) is 8. The van der Waals surface area contributed by atoms with Crippen LogP contribution in [-0.4, -0.2) is 31.4 Å². The number of allylic oxidation sites excluding steroid dienone is 1. The van der Waals surface area contributed by atoms with Crippen molar-refractivity contribution in [1.82, 2.24) is 4.57 Å². The summed E-state index contributed by atoms with van der Waals surface area (Å²) in [6, 6.07) is 22.1. The molecule has 1 unspecified atom stereocenters. The van der Waals surface area contributed by atoms with Gasteiger partial charge in [0.15, 0.2) is 16.3 Å². The van der Waals surface area contributed by atoms with Crippen LogP contribution in [0, 0.1) is 0 Å². The normalized spacial score (nSPS) is 14.7. The fourth-order valence-electron chi connectivity index (χ4n) is 4.72. The van der Waals surface area contributed by atoms with E-state index in [1.807, 2.05) is 66.7 Å². The standard InChI is InChI=1S/C32H30N2O6S/c1-5-39-31(36)28-20(2)33-32-34(29(28)23-14-15-25(37-3)26(18-23)38-4)30(35)27(41-32)17-22-12-9-13-24(16-22)40-19-21-10-7-6-8-11-21/h6-18,29H,5,19H2,1-4H3/b27-17+. The Balaban J connectivity index is 1.58. The van der Waals surface area contributed by atoms with E-state index in [0.717, 1.165) is 11.1 Å². The van der Waals surface area contributed by atoms with Crippen LogP contribution in [0.5, 0.6) is 17.2 Å². The topological polar surface area (TPSA) is 88.4 Å². The van der Waals surface area contributed by atoms with Crippen molar-refractivity contribution in [2.45, 2.75) is 26.5 Å². The van der Waals surface area contributed by atoms with Gasteiger partial charge in [0.2, 0.25) is 0 Å². The monoisotopic (exact) mass is 570 g/mol. The number of hydrogen-bond donors (Lipinski definition) is 0. The summed E-state index contributed by atoms with van der Waals surface area (Å²) in [5.74, 6) is 1.19. The second-order valence-corrected chi connectivity index (χ2v) is 10.3. The molecule has 0 saturated carbocycles. The van der Waals surface area contributed by atoms with E-state index in [-0.39, 0.29) is 12.2 Å². The van der Waals surface area contributed by atoms with Gasteiger partial charge in [-0.3, -0.25) is 9.36 Å². The summed E-state index contributed by atoms with van der Waals surface area (Å²) in [4.78, 5) is 32.2. The summed E-state index contributed by atoms with van der Waals surface area (Å²) >= 11 is 1.26. The van der Waals surface area contributed by atoms with Crippen molar-refractivity contribution in [3.8, 4) is 17.2 Å². The first-order valence-electron chi connectivity index (χ1n) is 13.1. The summed E-state index contributed by atoms with van der Waals surface area (Å²) in [6.07, 6.45) is 1.81. The van der Waals surface area contributed by atoms with E-state index in [9.17, 15) is 9.59 Å². The zero-order valence-electron chi connectivity index (χ0n) is 23.2. The molecule has 0 fully saturated rings. The zero-order chi connectivity index (χ0) is 28.9. The average Bonchev–Trinajstić information content (AvgIpc) is 3.29. The number of carbonyl (C=O) groups is 1. The van der Waals surface area contributed by atoms with Gasteiger partial charge in [-0.05, 0) is 60.9 Å². The minimum Gasteiger partial charge on any atom is -0.493 e. The van der Waals surface area contributed by atoms with E-state index < -0.39 is 12.0 Å². The van der Waals surface area contributed by atoms with Gasteiger partial charge in [-0.25, -0.2) is 9.79 Å². The van der Waals surface area contributed by atoms with Gasteiger partial charge in [0, 0.05) is 0 Å². The summed E-state index contributed by atoms with van der Waals surface area (Å²) in [7, 11) is 3.09. The molecule has 0 amide bonds. The zero-order valence-corrected chi connectivity index (χ0v) is 24.1. The molecule has 1 aromatic heterocycles. The molecule has 41 heavy (non-hydrogen) atoms. The Hall–Kier alpha value is -4.63. The third-order valence-electron chi connectivity index (χ3n) is 6.64. The molecular formula is C32H30N2O6S. The van der Waals surface area contributed by atoms with Crippen LogP contribution in [0.4, 0.5) is 0 Å². The summed E-state index contributed by atoms with van der Waals surface area (Å²) in [5.41, 5.74) is 3.07. The Kier molecular flexibility index (Phi) is 8.35. The van der Waals surface area contributed by atoms with Gasteiger partial charge in [-0.2, -0.15) is 0 Å². The van der Waals surface area contributed by atoms with E-state index in [4.69, 9.17) is 18.9 Å². The van der Waals surface area contributed by atoms with Crippen LogP contribution < -0.4 is 29.1 Å². The Labute approximate surface area is 241 Å². The number of esters is 1. The second-order valence-electron chi connectivity index (χ2n) is 9.26. The molecule has 1 aliphatic heterocycles. The summed E-state index contributed by atoms with van der Waals surface area (Å²) in [6.45, 7) is 4.13. The fraction of sp³-hybridized carbons (Fsp3) is 0.219. The van der Waals surface area contributed by atoms with Crippen LogP contribution in [0.1, 0.15) is 36.6 Å². The SMILES string of the molecule is CCOC(=O)C1=C(C)N=c2s/c(=C/c3cccc(OCc4ccccc4)c3)c(=O)n2C1c1ccc(OC)c(OC)c1. The van der Waals surface area contributed by atoms with Crippen molar-refractivity contribution >= 4 is 23.4 Å². The molecule has 5 rings (SSSR count). The lowest BCUT2D eigenvalue weighted by molar-refractivity contribution is -0.139. The van der Waals surface area contributed by atoms with E-state index in [2.05, 4.69) is 4.99 Å². The van der Waals surface area contributed by atoms with Crippen molar-refractivity contribution in [2.24, 2.45) is 4.99 Å². The molecule has 9 heteroatoms. The van der Waals surface area contributed by atoms with Crippen molar-refractivity contribution in [3.63, 3.8) is 0 Å². The second kappa shape index (κ2) is 12.3. The number of nitrogens with zero attached hydrogens (tertiary/aromatic N) is 2. The van der Waals surface area contributed by atoms with Gasteiger partial charge < -0.3 is 18.9 Å². The molecule has 1 aliphatic rings. The number of rotatable bonds is 9. The Morgan fingerprint density at radius 1 is 1.00 bits per heavy atom. The number of aromatic nitrogens is 1. The number of methoxy groups -OCH3 is 2. The maximum atomic E-state index is 13.9. The number of fused-ring (bicyclic) bond motifs is 1. The molecule has 8 nitrogen and oxygen atoms in total. The van der Waals surface area contributed by atoms with Gasteiger partial charge in [0.25, 0.3) is 5.56 Å². The van der Waals surface area contributed by atoms with Crippen molar-refractivity contribution < 1.29 is 23.7 Å². The minimum atomic E-state index is -0.757. The highest BCUT2D eigenvalue weighted by Crippen LogP contribution is 2.36. The molecule has 0 aliphatic carbocycles. The maximum Gasteiger partial charge on any atom is 0.338 e. The van der Waals surface area contributed by atoms with Gasteiger partial charge in [0.05, 0.1) is 42.7 Å². The molecule has 2 heterocycles. The first-order chi connectivity index (χ1) is 19.9. The lowest BCUT2D eigenvalue weighted by Gasteiger charge is -2.25. The van der Waals surface area contributed by atoms with E-state index in [0.29, 0.717) is 50.0 Å². The van der Waals surface area contributed by atoms with Crippen LogP contribution in [0.15, 0.2) is 93.9 Å². The highest BCUT2D eigenvalue weighted by atomic mass is 32.1. The van der Waals surface area contributed by atoms with Crippen molar-refractivity contribution in [1.29, 1.82) is 0 Å². The Morgan fingerprint density at radius 2 is 1.78 bits per heavy atom. The predicted molar refractivity (Wildman–Crippen MR) is 157 cm³/mol. The number of benzene rings is 3. The Morgan fingerprint density at radius 3 is 2.51 bits per heavy atom. The Bertz CT molecular complexity index is 1790. The lowest BCUT2D eigenvalue weighted by atomic mass is 9.95. The predicted octanol–water partition coefficient (Wildman–Crippen LogP) is 4.39. The average molecular weight is 571 g/mol. The maximum absolute atomic E-state index is 13.9. The van der Waals surface area contributed by atoms with Gasteiger partial charge in [0.1, 0.15) is 12.4 Å². The van der Waals surface area contributed by atoms with Crippen LogP contribution in [0.3, 0.4) is 0 Å². The molecule has 210 valence electrons. The number of thiazole rings is 1. The lowest BCUT2D eigenvalue weighted by Crippen LogP contribution is -2.39. The van der Waals surface area contributed by atoms with Crippen LogP contribution in [-0.2, 0) is 16.1 Å². The van der Waals surface area contributed by atoms with Crippen LogP contribution >= 0.6 is 11.3 Å². The highest BCUT2D eigenvalue weighted by Gasteiger charge is 2.33. The molecule has 4 aromatic rings. The van der Waals surface area contributed by atoms with Gasteiger partial charge in [-0.1, -0.05) is 59.9 Å². The first-order valence-corrected chi connectivity index (χ1v) is 13.9. The number of ether oxygens (including phenoxy) is 4. The third kappa shape index (κ3) is 5.81. The molecule has 0 radical (unpaired) electrons. The molecule has 3 aromatic carbocycles. The largest absolute Gasteiger partial charge is 0.493 e. The minimum absolute atomic E-state index is 0.196. The fourth-order valence-corrected chi connectivity index (χ4v) is 5.76. The molecule has 0 spiro atoms. The molecular weight excluding hydrogens is 540 g/mol.